The van der Waals surface area contributed by atoms with E-state index in [0.29, 0.717) is 23.5 Å². The van der Waals surface area contributed by atoms with Crippen molar-refractivity contribution in [3.63, 3.8) is 0 Å². The van der Waals surface area contributed by atoms with Gasteiger partial charge in [-0.25, -0.2) is 0 Å². The maximum Gasteiger partial charge on any atom is 0.231 e. The number of carbonyl (C=O) groups excluding carboxylic acids is 1. The number of methoxy groups -OCH3 is 2. The molecule has 6 heteroatoms. The predicted octanol–water partition coefficient (Wildman–Crippen LogP) is 3.23. The Balaban J connectivity index is 1.68. The van der Waals surface area contributed by atoms with Crippen LogP contribution in [0.5, 0.6) is 23.0 Å². The average molecular weight is 369 g/mol. The summed E-state index contributed by atoms with van der Waals surface area (Å²) < 4.78 is 22.0. The molecule has 0 radical (unpaired) electrons. The van der Waals surface area contributed by atoms with E-state index in [2.05, 4.69) is 4.90 Å². The van der Waals surface area contributed by atoms with Crippen LogP contribution >= 0.6 is 0 Å². The zero-order chi connectivity index (χ0) is 19.0. The van der Waals surface area contributed by atoms with Crippen molar-refractivity contribution in [1.29, 1.82) is 0 Å². The number of likely N-dealkylation sites (N-methyl/N-ethyl adjacent to an activating group) is 1. The smallest absolute Gasteiger partial charge is 0.231 e. The van der Waals surface area contributed by atoms with Crippen molar-refractivity contribution >= 4 is 5.78 Å². The molecule has 0 N–H and O–H groups in total. The first-order valence-corrected chi connectivity index (χ1v) is 8.99. The largest absolute Gasteiger partial charge is 0.497 e. The Hall–Kier alpha value is -2.73. The summed E-state index contributed by atoms with van der Waals surface area (Å²) >= 11 is 0. The van der Waals surface area contributed by atoms with Gasteiger partial charge in [-0.15, -0.1) is 0 Å². The van der Waals surface area contributed by atoms with Gasteiger partial charge in [0.15, 0.2) is 17.3 Å². The van der Waals surface area contributed by atoms with Crippen LogP contribution in [0, 0.1) is 0 Å². The lowest BCUT2D eigenvalue weighted by Gasteiger charge is -2.35. The fraction of sp³-hybridized carbons (Fsp3) is 0.381. The number of nitrogens with zero attached hydrogens (tertiary/aromatic N) is 1. The summed E-state index contributed by atoms with van der Waals surface area (Å²) in [6.45, 7) is 1.07. The van der Waals surface area contributed by atoms with Gasteiger partial charge in [-0.1, -0.05) is 0 Å². The molecule has 0 saturated heterocycles. The summed E-state index contributed by atoms with van der Waals surface area (Å²) in [6, 6.07) is 9.18. The Kier molecular flexibility index (Phi) is 4.66. The van der Waals surface area contributed by atoms with Crippen LogP contribution < -0.4 is 18.9 Å². The van der Waals surface area contributed by atoms with Crippen LogP contribution in [0.25, 0.3) is 0 Å². The Morgan fingerprint density at radius 1 is 1.19 bits per heavy atom. The second kappa shape index (κ2) is 7.12. The van der Waals surface area contributed by atoms with E-state index in [1.165, 1.54) is 0 Å². The van der Waals surface area contributed by atoms with E-state index in [4.69, 9.17) is 18.9 Å². The molecule has 0 unspecified atom stereocenters. The molecule has 1 atom stereocenters. The van der Waals surface area contributed by atoms with E-state index in [1.54, 1.807) is 14.2 Å². The van der Waals surface area contributed by atoms with E-state index in [1.807, 2.05) is 37.4 Å². The molecular weight excluding hydrogens is 346 g/mol. The van der Waals surface area contributed by atoms with E-state index >= 15 is 0 Å². The molecule has 2 aromatic rings. The molecule has 0 amide bonds. The minimum Gasteiger partial charge on any atom is -0.497 e. The number of hydrogen-bond donors (Lipinski definition) is 0. The predicted molar refractivity (Wildman–Crippen MR) is 100 cm³/mol. The number of ketones is 1. The summed E-state index contributed by atoms with van der Waals surface area (Å²) in [5, 5.41) is 0. The second-order valence-corrected chi connectivity index (χ2v) is 6.82. The molecule has 0 spiro atoms. The zero-order valence-corrected chi connectivity index (χ0v) is 15.8. The lowest BCUT2D eigenvalue weighted by molar-refractivity contribution is 0.0925. The Morgan fingerprint density at radius 3 is 2.67 bits per heavy atom. The van der Waals surface area contributed by atoms with Gasteiger partial charge >= 0.3 is 0 Å². The van der Waals surface area contributed by atoms with E-state index in [9.17, 15) is 4.79 Å². The average Bonchev–Trinajstić information content (AvgIpc) is 3.16. The third-order valence-electron chi connectivity index (χ3n) is 5.34. The van der Waals surface area contributed by atoms with E-state index in [-0.39, 0.29) is 18.6 Å². The number of ether oxygens (including phenoxy) is 4. The van der Waals surface area contributed by atoms with Gasteiger partial charge in [0.05, 0.1) is 14.2 Å². The summed E-state index contributed by atoms with van der Waals surface area (Å²) in [7, 11) is 5.29. The molecule has 142 valence electrons. The molecule has 0 aromatic heterocycles. The Morgan fingerprint density at radius 2 is 1.96 bits per heavy atom. The van der Waals surface area contributed by atoms with Gasteiger partial charge in [-0.2, -0.15) is 0 Å². The SMILES string of the molecule is COc1ccc(C(=O)C[C@@H]2c3c(cc4c(c3OC)OCO4)CCN2C)cc1. The van der Waals surface area contributed by atoms with Crippen molar-refractivity contribution in [3.05, 3.63) is 47.0 Å². The summed E-state index contributed by atoms with van der Waals surface area (Å²) in [5.74, 6) is 2.85. The number of benzene rings is 2. The van der Waals surface area contributed by atoms with Crippen LogP contribution in [-0.4, -0.2) is 45.3 Å². The van der Waals surface area contributed by atoms with Crippen LogP contribution in [0.2, 0.25) is 0 Å². The Bertz CT molecular complexity index is 862. The van der Waals surface area contributed by atoms with Crippen molar-refractivity contribution in [1.82, 2.24) is 4.90 Å². The monoisotopic (exact) mass is 369 g/mol. The molecule has 0 bridgehead atoms. The molecule has 4 rings (SSSR count). The zero-order valence-electron chi connectivity index (χ0n) is 15.8. The van der Waals surface area contributed by atoms with Crippen molar-refractivity contribution in [2.75, 3.05) is 34.6 Å². The van der Waals surface area contributed by atoms with Crippen LogP contribution in [0.3, 0.4) is 0 Å². The van der Waals surface area contributed by atoms with Crippen LogP contribution in [0.4, 0.5) is 0 Å². The van der Waals surface area contributed by atoms with E-state index < -0.39 is 0 Å². The maximum absolute atomic E-state index is 12.9. The van der Waals surface area contributed by atoms with E-state index in [0.717, 1.165) is 35.6 Å². The van der Waals surface area contributed by atoms with Gasteiger partial charge in [0.25, 0.3) is 0 Å². The standard InChI is InChI=1S/C21H23NO5/c1-22-9-8-14-10-18-20(27-12-26-18)21(25-3)19(14)16(22)11-17(23)13-4-6-15(24-2)7-5-13/h4-7,10,16H,8-9,11-12H2,1-3H3/t16-/m1/s1. The topological polar surface area (TPSA) is 57.2 Å². The molecular formula is C21H23NO5. The third-order valence-corrected chi connectivity index (χ3v) is 5.34. The fourth-order valence-electron chi connectivity index (χ4n) is 3.85. The normalized spacial score (nSPS) is 18.1. The van der Waals surface area contributed by atoms with Crippen molar-refractivity contribution in [2.45, 2.75) is 18.9 Å². The molecule has 2 aliphatic heterocycles. The number of Topliss-reactive ketones (excluding diaryl/α,β-unsaturated/α-hetero) is 1. The van der Waals surface area contributed by atoms with Gasteiger partial charge in [0, 0.05) is 30.1 Å². The lowest BCUT2D eigenvalue weighted by atomic mass is 9.87. The molecule has 0 saturated carbocycles. The fourth-order valence-corrected chi connectivity index (χ4v) is 3.85. The molecule has 2 heterocycles. The first kappa shape index (κ1) is 17.7. The number of carbonyl (C=O) groups is 1. The minimum absolute atomic E-state index is 0.0761. The van der Waals surface area contributed by atoms with Gasteiger partial charge in [0.2, 0.25) is 12.5 Å². The quantitative estimate of drug-likeness (QED) is 0.754. The highest BCUT2D eigenvalue weighted by Crippen LogP contribution is 2.50. The number of fused-ring (bicyclic) bond motifs is 2. The molecule has 2 aromatic carbocycles. The molecule has 27 heavy (non-hydrogen) atoms. The molecule has 2 aliphatic rings. The highest BCUT2D eigenvalue weighted by Gasteiger charge is 2.35. The summed E-state index contributed by atoms with van der Waals surface area (Å²) in [4.78, 5) is 15.1. The van der Waals surface area contributed by atoms with Gasteiger partial charge < -0.3 is 18.9 Å². The molecule has 0 aliphatic carbocycles. The van der Waals surface area contributed by atoms with Crippen LogP contribution in [0.15, 0.2) is 30.3 Å². The highest BCUT2D eigenvalue weighted by molar-refractivity contribution is 5.96. The van der Waals surface area contributed by atoms with Gasteiger partial charge in [-0.3, -0.25) is 9.69 Å². The first-order valence-electron chi connectivity index (χ1n) is 8.99. The van der Waals surface area contributed by atoms with Crippen molar-refractivity contribution < 1.29 is 23.7 Å². The van der Waals surface area contributed by atoms with Crippen molar-refractivity contribution in [2.24, 2.45) is 0 Å². The lowest BCUT2D eigenvalue weighted by Crippen LogP contribution is -2.34. The summed E-state index contributed by atoms with van der Waals surface area (Å²) in [5.41, 5.74) is 2.86. The number of hydrogen-bond acceptors (Lipinski definition) is 6. The molecule has 6 nitrogen and oxygen atoms in total. The van der Waals surface area contributed by atoms with Gasteiger partial charge in [-0.05, 0) is 49.4 Å². The maximum atomic E-state index is 12.9. The minimum atomic E-state index is -0.0761. The highest BCUT2D eigenvalue weighted by atomic mass is 16.7. The Labute approximate surface area is 158 Å². The summed E-state index contributed by atoms with van der Waals surface area (Å²) in [6.07, 6.45) is 1.25. The third kappa shape index (κ3) is 3.10. The molecule has 0 fully saturated rings. The van der Waals surface area contributed by atoms with Crippen molar-refractivity contribution in [3.8, 4) is 23.0 Å². The van der Waals surface area contributed by atoms with Crippen LogP contribution in [-0.2, 0) is 6.42 Å². The van der Waals surface area contributed by atoms with Crippen LogP contribution in [0.1, 0.15) is 33.9 Å². The first-order chi connectivity index (χ1) is 13.1. The number of rotatable bonds is 5. The van der Waals surface area contributed by atoms with Gasteiger partial charge in [0.1, 0.15) is 5.75 Å². The second-order valence-electron chi connectivity index (χ2n) is 6.82.